The van der Waals surface area contributed by atoms with Gasteiger partial charge in [-0.05, 0) is 50.1 Å². The molecule has 0 radical (unpaired) electrons. The first-order valence-electron chi connectivity index (χ1n) is 11.2. The Hall–Kier alpha value is -4.28. The number of amides is 1. The van der Waals surface area contributed by atoms with E-state index < -0.39 is 17.7 Å². The Morgan fingerprint density at radius 2 is 1.94 bits per heavy atom. The molecule has 1 aromatic carbocycles. The van der Waals surface area contributed by atoms with Crippen LogP contribution in [-0.4, -0.2) is 49.4 Å². The third-order valence-corrected chi connectivity index (χ3v) is 6.25. The van der Waals surface area contributed by atoms with Crippen LogP contribution >= 0.6 is 0 Å². The normalized spacial score (nSPS) is 18.0. The second kappa shape index (κ2) is 9.16. The number of carbonyl (C=O) groups is 1. The smallest absolute Gasteiger partial charge is 0.404 e. The number of carboxylic acid groups (broad SMARTS) is 1. The molecule has 4 aromatic rings. The number of nitrogens with one attached hydrogen (secondary N) is 2. The van der Waals surface area contributed by atoms with Crippen molar-refractivity contribution in [2.75, 3.05) is 16.8 Å². The number of nitrogens with zero attached hydrogens (tertiary/aromatic N) is 5. The van der Waals surface area contributed by atoms with E-state index in [1.807, 2.05) is 13.0 Å². The number of halogens is 2. The van der Waals surface area contributed by atoms with Gasteiger partial charge < -0.3 is 20.6 Å². The van der Waals surface area contributed by atoms with Gasteiger partial charge in [0.25, 0.3) is 0 Å². The highest BCUT2D eigenvalue weighted by atomic mass is 19.1. The Labute approximate surface area is 199 Å². The summed E-state index contributed by atoms with van der Waals surface area (Å²) in [5.74, 6) is -1.06. The number of imidazole rings is 1. The standard InChI is InChI=1S/C24H23F2N7O2/c1-14-18(30-24(34)35)6-3-11-32(14)21-9-10-27-13-20(21)29-23-28-12-15-7-8-19(31-33(15)23)22-16(25)4-2-5-17(22)26/h2,4-5,7-10,12-14,18,30H,3,6,11H2,1H3,(H,28,29)(H,34,35). The van der Waals surface area contributed by atoms with Crippen LogP contribution in [0.1, 0.15) is 19.8 Å². The Balaban J connectivity index is 1.49. The zero-order valence-electron chi connectivity index (χ0n) is 18.8. The van der Waals surface area contributed by atoms with E-state index in [0.29, 0.717) is 17.2 Å². The predicted octanol–water partition coefficient (Wildman–Crippen LogP) is 4.44. The van der Waals surface area contributed by atoms with E-state index in [1.165, 1.54) is 22.7 Å². The number of aromatic nitrogens is 4. The van der Waals surface area contributed by atoms with E-state index in [2.05, 4.69) is 30.6 Å². The van der Waals surface area contributed by atoms with E-state index >= 15 is 0 Å². The lowest BCUT2D eigenvalue weighted by molar-refractivity contribution is 0.184. The van der Waals surface area contributed by atoms with Gasteiger partial charge in [-0.1, -0.05) is 6.07 Å². The maximum Gasteiger partial charge on any atom is 0.404 e. The van der Waals surface area contributed by atoms with Gasteiger partial charge in [0.2, 0.25) is 5.95 Å². The molecule has 2 atom stereocenters. The van der Waals surface area contributed by atoms with Gasteiger partial charge in [0, 0.05) is 18.8 Å². The van der Waals surface area contributed by atoms with Crippen LogP contribution in [0.15, 0.2) is 55.0 Å². The van der Waals surface area contributed by atoms with E-state index in [9.17, 15) is 18.7 Å². The molecule has 3 N–H and O–H groups in total. The van der Waals surface area contributed by atoms with Crippen LogP contribution in [0.5, 0.6) is 0 Å². The highest BCUT2D eigenvalue weighted by Crippen LogP contribution is 2.33. The fourth-order valence-electron chi connectivity index (χ4n) is 4.53. The van der Waals surface area contributed by atoms with Crippen LogP contribution in [0.4, 0.5) is 30.9 Å². The molecule has 1 amide bonds. The van der Waals surface area contributed by atoms with Crippen LogP contribution in [0.3, 0.4) is 0 Å². The first kappa shape index (κ1) is 22.5. The lowest BCUT2D eigenvalue weighted by Gasteiger charge is -2.41. The average Bonchev–Trinajstić information content (AvgIpc) is 3.23. The average molecular weight is 479 g/mol. The maximum absolute atomic E-state index is 14.3. The summed E-state index contributed by atoms with van der Waals surface area (Å²) in [6, 6.07) is 8.46. The fraction of sp³-hybridized carbons (Fsp3) is 0.250. The number of hydrogen-bond donors (Lipinski definition) is 3. The third kappa shape index (κ3) is 4.32. The Morgan fingerprint density at radius 1 is 1.14 bits per heavy atom. The molecular weight excluding hydrogens is 456 g/mol. The number of pyridine rings is 1. The lowest BCUT2D eigenvalue weighted by Crippen LogP contribution is -2.54. The summed E-state index contributed by atoms with van der Waals surface area (Å²) in [7, 11) is 0. The number of fused-ring (bicyclic) bond motifs is 1. The van der Waals surface area contributed by atoms with Crippen LogP contribution in [-0.2, 0) is 0 Å². The molecule has 1 fully saturated rings. The quantitative estimate of drug-likeness (QED) is 0.388. The number of hydrogen-bond acceptors (Lipinski definition) is 6. The Morgan fingerprint density at radius 3 is 2.71 bits per heavy atom. The minimum Gasteiger partial charge on any atom is -0.465 e. The van der Waals surface area contributed by atoms with Crippen LogP contribution in [0, 0.1) is 11.6 Å². The second-order valence-electron chi connectivity index (χ2n) is 8.38. The van der Waals surface area contributed by atoms with Gasteiger partial charge in [0.15, 0.2) is 0 Å². The number of anilines is 3. The van der Waals surface area contributed by atoms with Gasteiger partial charge in [-0.3, -0.25) is 4.98 Å². The van der Waals surface area contributed by atoms with E-state index in [4.69, 9.17) is 0 Å². The highest BCUT2D eigenvalue weighted by molar-refractivity contribution is 5.74. The van der Waals surface area contributed by atoms with Crippen molar-refractivity contribution >= 4 is 28.9 Å². The minimum atomic E-state index is -1.05. The molecule has 1 saturated heterocycles. The van der Waals surface area contributed by atoms with Crippen LogP contribution < -0.4 is 15.5 Å². The molecular formula is C24H23F2N7O2. The molecule has 35 heavy (non-hydrogen) atoms. The van der Waals surface area contributed by atoms with Crippen molar-refractivity contribution < 1.29 is 18.7 Å². The van der Waals surface area contributed by atoms with E-state index in [0.717, 1.165) is 25.1 Å². The molecule has 0 aliphatic carbocycles. The number of benzene rings is 1. The van der Waals surface area contributed by atoms with Crippen molar-refractivity contribution in [3.63, 3.8) is 0 Å². The van der Waals surface area contributed by atoms with Crippen molar-refractivity contribution in [1.82, 2.24) is 24.9 Å². The van der Waals surface area contributed by atoms with Crippen molar-refractivity contribution in [3.05, 3.63) is 66.6 Å². The van der Waals surface area contributed by atoms with Gasteiger partial charge in [0.1, 0.15) is 11.6 Å². The molecule has 5 rings (SSSR count). The third-order valence-electron chi connectivity index (χ3n) is 6.25. The molecule has 180 valence electrons. The molecule has 0 spiro atoms. The second-order valence-corrected chi connectivity index (χ2v) is 8.38. The van der Waals surface area contributed by atoms with Crippen molar-refractivity contribution in [2.24, 2.45) is 0 Å². The highest BCUT2D eigenvalue weighted by Gasteiger charge is 2.30. The summed E-state index contributed by atoms with van der Waals surface area (Å²) in [4.78, 5) is 22.0. The predicted molar refractivity (Wildman–Crippen MR) is 127 cm³/mol. The van der Waals surface area contributed by atoms with Crippen LogP contribution in [0.25, 0.3) is 16.8 Å². The Kier molecular flexibility index (Phi) is 5.89. The molecule has 9 nitrogen and oxygen atoms in total. The molecule has 3 aromatic heterocycles. The zero-order chi connectivity index (χ0) is 24.5. The molecule has 2 unspecified atom stereocenters. The molecule has 1 aliphatic rings. The summed E-state index contributed by atoms with van der Waals surface area (Å²) in [6.07, 6.45) is 5.45. The Bertz CT molecular complexity index is 1370. The lowest BCUT2D eigenvalue weighted by atomic mass is 9.96. The molecule has 4 heterocycles. The monoisotopic (exact) mass is 479 g/mol. The van der Waals surface area contributed by atoms with Gasteiger partial charge in [-0.25, -0.2) is 18.6 Å². The van der Waals surface area contributed by atoms with Gasteiger partial charge in [0.05, 0.1) is 46.6 Å². The summed E-state index contributed by atoms with van der Waals surface area (Å²) in [5.41, 5.74) is 2.03. The van der Waals surface area contributed by atoms with Gasteiger partial charge >= 0.3 is 6.09 Å². The topological polar surface area (TPSA) is 108 Å². The summed E-state index contributed by atoms with van der Waals surface area (Å²) >= 11 is 0. The van der Waals surface area contributed by atoms with E-state index in [-0.39, 0.29) is 23.3 Å². The molecule has 0 saturated carbocycles. The largest absolute Gasteiger partial charge is 0.465 e. The maximum atomic E-state index is 14.3. The van der Waals surface area contributed by atoms with Gasteiger partial charge in [-0.15, -0.1) is 0 Å². The first-order chi connectivity index (χ1) is 16.9. The molecule has 1 aliphatic heterocycles. The molecule has 0 bridgehead atoms. The van der Waals surface area contributed by atoms with Crippen molar-refractivity contribution in [2.45, 2.75) is 31.8 Å². The van der Waals surface area contributed by atoms with Crippen LogP contribution in [0.2, 0.25) is 0 Å². The SMILES string of the molecule is CC1C(NC(=O)O)CCCN1c1ccncc1Nc1ncc2ccc(-c3c(F)cccc3F)nn12. The summed E-state index contributed by atoms with van der Waals surface area (Å²) in [6.45, 7) is 2.72. The summed E-state index contributed by atoms with van der Waals surface area (Å²) < 4.78 is 30.2. The fourth-order valence-corrected chi connectivity index (χ4v) is 4.53. The minimum absolute atomic E-state index is 0.0893. The van der Waals surface area contributed by atoms with Gasteiger partial charge in [-0.2, -0.15) is 9.61 Å². The first-order valence-corrected chi connectivity index (χ1v) is 11.2. The number of rotatable bonds is 5. The number of piperidine rings is 1. The summed E-state index contributed by atoms with van der Waals surface area (Å²) in [5, 5.41) is 19.5. The van der Waals surface area contributed by atoms with E-state index in [1.54, 1.807) is 30.7 Å². The molecule has 11 heteroatoms. The zero-order valence-corrected chi connectivity index (χ0v) is 18.8. The van der Waals surface area contributed by atoms with Crippen molar-refractivity contribution in [1.29, 1.82) is 0 Å². The van der Waals surface area contributed by atoms with Crippen molar-refractivity contribution in [3.8, 4) is 11.3 Å².